The van der Waals surface area contributed by atoms with E-state index in [9.17, 15) is 0 Å². The number of aryl methyl sites for hydroxylation is 1. The SMILES string of the molecule is CCOC1(C(N)c2c(Cl)cnn2C)CCOCC1. The molecule has 2 rings (SSSR count). The lowest BCUT2D eigenvalue weighted by atomic mass is 9.84. The third-order valence-corrected chi connectivity index (χ3v) is 3.86. The van der Waals surface area contributed by atoms with Gasteiger partial charge in [0.05, 0.1) is 28.6 Å². The molecule has 1 aromatic rings. The van der Waals surface area contributed by atoms with Gasteiger partial charge in [0.1, 0.15) is 0 Å². The predicted molar refractivity (Wildman–Crippen MR) is 69.6 cm³/mol. The van der Waals surface area contributed by atoms with Crippen LogP contribution in [0, 0.1) is 0 Å². The number of ether oxygens (including phenoxy) is 2. The van der Waals surface area contributed by atoms with Crippen molar-refractivity contribution in [1.29, 1.82) is 0 Å². The third-order valence-electron chi connectivity index (χ3n) is 3.57. The van der Waals surface area contributed by atoms with Crippen LogP contribution in [0.15, 0.2) is 6.20 Å². The summed E-state index contributed by atoms with van der Waals surface area (Å²) in [5.74, 6) is 0. The second kappa shape index (κ2) is 5.57. The van der Waals surface area contributed by atoms with E-state index in [0.717, 1.165) is 18.5 Å². The van der Waals surface area contributed by atoms with Gasteiger partial charge in [-0.1, -0.05) is 11.6 Å². The fraction of sp³-hybridized carbons (Fsp3) is 0.750. The highest BCUT2D eigenvalue weighted by Crippen LogP contribution is 2.38. The second-order valence-electron chi connectivity index (χ2n) is 4.59. The van der Waals surface area contributed by atoms with Crippen LogP contribution in [0.2, 0.25) is 5.02 Å². The fourth-order valence-electron chi connectivity index (χ4n) is 2.57. The summed E-state index contributed by atoms with van der Waals surface area (Å²) in [6.07, 6.45) is 3.18. The summed E-state index contributed by atoms with van der Waals surface area (Å²) in [6, 6.07) is -0.290. The maximum atomic E-state index is 6.41. The summed E-state index contributed by atoms with van der Waals surface area (Å²) in [5.41, 5.74) is 6.84. The topological polar surface area (TPSA) is 62.3 Å². The summed E-state index contributed by atoms with van der Waals surface area (Å²) in [5, 5.41) is 4.73. The van der Waals surface area contributed by atoms with Crippen LogP contribution in [0.25, 0.3) is 0 Å². The number of rotatable bonds is 4. The Labute approximate surface area is 112 Å². The van der Waals surface area contributed by atoms with Crippen molar-refractivity contribution in [2.75, 3.05) is 19.8 Å². The maximum Gasteiger partial charge on any atom is 0.0933 e. The molecule has 18 heavy (non-hydrogen) atoms. The Morgan fingerprint density at radius 2 is 2.28 bits per heavy atom. The van der Waals surface area contributed by atoms with Crippen molar-refractivity contribution in [3.8, 4) is 0 Å². The first-order chi connectivity index (χ1) is 8.60. The average Bonchev–Trinajstić information content (AvgIpc) is 2.70. The van der Waals surface area contributed by atoms with Crippen LogP contribution >= 0.6 is 11.6 Å². The van der Waals surface area contributed by atoms with Gasteiger partial charge in [0, 0.05) is 39.7 Å². The monoisotopic (exact) mass is 273 g/mol. The molecule has 0 bridgehead atoms. The van der Waals surface area contributed by atoms with E-state index in [1.165, 1.54) is 0 Å². The second-order valence-corrected chi connectivity index (χ2v) is 5.00. The largest absolute Gasteiger partial charge is 0.381 e. The molecule has 1 fully saturated rings. The van der Waals surface area contributed by atoms with E-state index in [1.807, 2.05) is 14.0 Å². The summed E-state index contributed by atoms with van der Waals surface area (Å²) in [6.45, 7) is 3.95. The minimum atomic E-state index is -0.398. The van der Waals surface area contributed by atoms with Crippen LogP contribution in [0.3, 0.4) is 0 Å². The molecule has 1 atom stereocenters. The molecule has 1 saturated heterocycles. The zero-order chi connectivity index (χ0) is 13.2. The van der Waals surface area contributed by atoms with Gasteiger partial charge in [-0.15, -0.1) is 0 Å². The molecule has 0 spiro atoms. The van der Waals surface area contributed by atoms with Gasteiger partial charge >= 0.3 is 0 Å². The zero-order valence-corrected chi connectivity index (χ0v) is 11.6. The molecule has 2 N–H and O–H groups in total. The maximum absolute atomic E-state index is 6.41. The Bertz CT molecular complexity index is 377. The molecule has 2 heterocycles. The molecule has 0 aliphatic carbocycles. The molecule has 5 nitrogen and oxygen atoms in total. The highest BCUT2D eigenvalue weighted by molar-refractivity contribution is 6.31. The lowest BCUT2D eigenvalue weighted by Crippen LogP contribution is -2.48. The quantitative estimate of drug-likeness (QED) is 0.906. The van der Waals surface area contributed by atoms with E-state index >= 15 is 0 Å². The van der Waals surface area contributed by atoms with E-state index in [2.05, 4.69) is 5.10 Å². The Morgan fingerprint density at radius 3 is 2.78 bits per heavy atom. The van der Waals surface area contributed by atoms with E-state index in [4.69, 9.17) is 26.8 Å². The number of hydrogen-bond donors (Lipinski definition) is 1. The predicted octanol–water partition coefficient (Wildman–Crippen LogP) is 1.66. The summed E-state index contributed by atoms with van der Waals surface area (Å²) >= 11 is 6.17. The van der Waals surface area contributed by atoms with Crippen LogP contribution < -0.4 is 5.73 Å². The van der Waals surface area contributed by atoms with Gasteiger partial charge in [-0.3, -0.25) is 4.68 Å². The van der Waals surface area contributed by atoms with Gasteiger partial charge in [0.15, 0.2) is 0 Å². The molecule has 1 aliphatic heterocycles. The smallest absolute Gasteiger partial charge is 0.0933 e. The van der Waals surface area contributed by atoms with Crippen molar-refractivity contribution in [2.45, 2.75) is 31.4 Å². The van der Waals surface area contributed by atoms with Crippen molar-refractivity contribution in [3.05, 3.63) is 16.9 Å². The third kappa shape index (κ3) is 2.40. The Morgan fingerprint density at radius 1 is 1.61 bits per heavy atom. The normalized spacial score (nSPS) is 20.9. The minimum absolute atomic E-state index is 0.290. The van der Waals surface area contributed by atoms with E-state index in [1.54, 1.807) is 10.9 Å². The number of hydrogen-bond acceptors (Lipinski definition) is 4. The van der Waals surface area contributed by atoms with E-state index in [-0.39, 0.29) is 6.04 Å². The summed E-state index contributed by atoms with van der Waals surface area (Å²) < 4.78 is 13.1. The highest BCUT2D eigenvalue weighted by Gasteiger charge is 2.42. The van der Waals surface area contributed by atoms with Crippen molar-refractivity contribution >= 4 is 11.6 Å². The first-order valence-electron chi connectivity index (χ1n) is 6.25. The summed E-state index contributed by atoms with van der Waals surface area (Å²) in [4.78, 5) is 0. The van der Waals surface area contributed by atoms with Gasteiger partial charge in [-0.2, -0.15) is 5.10 Å². The van der Waals surface area contributed by atoms with Crippen LogP contribution in [-0.2, 0) is 16.5 Å². The standard InChI is InChI=1S/C12H20ClN3O2/c1-3-18-12(4-6-17-7-5-12)11(14)10-9(13)8-15-16(10)2/h8,11H,3-7,14H2,1-2H3. The Kier molecular flexibility index (Phi) is 4.27. The van der Waals surface area contributed by atoms with Gasteiger partial charge in [-0.05, 0) is 6.92 Å². The van der Waals surface area contributed by atoms with E-state index in [0.29, 0.717) is 24.8 Å². The van der Waals surface area contributed by atoms with Crippen molar-refractivity contribution in [3.63, 3.8) is 0 Å². The minimum Gasteiger partial charge on any atom is -0.381 e. The molecule has 0 radical (unpaired) electrons. The average molecular weight is 274 g/mol. The van der Waals surface area contributed by atoms with Gasteiger partial charge in [0.25, 0.3) is 0 Å². The van der Waals surface area contributed by atoms with Crippen LogP contribution in [0.5, 0.6) is 0 Å². The first kappa shape index (κ1) is 13.8. The molecule has 102 valence electrons. The molecule has 1 unspecified atom stereocenters. The molecule has 0 amide bonds. The molecule has 1 aliphatic rings. The van der Waals surface area contributed by atoms with Crippen molar-refractivity contribution in [2.24, 2.45) is 12.8 Å². The van der Waals surface area contributed by atoms with Gasteiger partial charge < -0.3 is 15.2 Å². The number of nitrogens with two attached hydrogens (primary N) is 1. The van der Waals surface area contributed by atoms with Crippen LogP contribution in [-0.4, -0.2) is 35.2 Å². The number of aromatic nitrogens is 2. The van der Waals surface area contributed by atoms with Crippen LogP contribution in [0.4, 0.5) is 0 Å². The Balaban J connectivity index is 2.30. The van der Waals surface area contributed by atoms with Gasteiger partial charge in [0.2, 0.25) is 0 Å². The first-order valence-corrected chi connectivity index (χ1v) is 6.63. The van der Waals surface area contributed by atoms with E-state index < -0.39 is 5.60 Å². The number of halogens is 1. The van der Waals surface area contributed by atoms with Gasteiger partial charge in [-0.25, -0.2) is 0 Å². The molecule has 0 saturated carbocycles. The lowest BCUT2D eigenvalue weighted by molar-refractivity contribution is -0.122. The van der Waals surface area contributed by atoms with Crippen LogP contribution in [0.1, 0.15) is 31.5 Å². The molecular formula is C12H20ClN3O2. The molecular weight excluding hydrogens is 254 g/mol. The van der Waals surface area contributed by atoms with Crippen molar-refractivity contribution < 1.29 is 9.47 Å². The fourth-order valence-corrected chi connectivity index (χ4v) is 2.85. The summed E-state index contributed by atoms with van der Waals surface area (Å²) in [7, 11) is 1.85. The molecule has 0 aromatic carbocycles. The number of nitrogens with zero attached hydrogens (tertiary/aromatic N) is 2. The molecule has 1 aromatic heterocycles. The lowest BCUT2D eigenvalue weighted by Gasteiger charge is -2.41. The Hall–Kier alpha value is -0.620. The molecule has 6 heteroatoms. The van der Waals surface area contributed by atoms with Crippen molar-refractivity contribution in [1.82, 2.24) is 9.78 Å². The zero-order valence-electron chi connectivity index (χ0n) is 10.9. The highest BCUT2D eigenvalue weighted by atomic mass is 35.5.